The Bertz CT molecular complexity index is 508. The summed E-state index contributed by atoms with van der Waals surface area (Å²) in [5, 5.41) is 2.87. The molecule has 100 valence electrons. The van der Waals surface area contributed by atoms with E-state index in [-0.39, 0.29) is 24.4 Å². The molecule has 2 rings (SSSR count). The Morgan fingerprint density at radius 1 is 1.26 bits per heavy atom. The highest BCUT2D eigenvalue weighted by Crippen LogP contribution is 2.16. The van der Waals surface area contributed by atoms with Crippen molar-refractivity contribution in [3.63, 3.8) is 0 Å². The van der Waals surface area contributed by atoms with Gasteiger partial charge in [0.1, 0.15) is 5.76 Å². The molecular weight excluding hydrogens is 240 g/mol. The second-order valence-electron chi connectivity index (χ2n) is 4.53. The van der Waals surface area contributed by atoms with Crippen LogP contribution >= 0.6 is 0 Å². The third kappa shape index (κ3) is 3.69. The van der Waals surface area contributed by atoms with E-state index >= 15 is 0 Å². The van der Waals surface area contributed by atoms with E-state index in [4.69, 9.17) is 10.2 Å². The maximum absolute atomic E-state index is 11.9. The highest BCUT2D eigenvalue weighted by atomic mass is 16.3. The smallest absolute Gasteiger partial charge is 0.222 e. The first kappa shape index (κ1) is 13.4. The van der Waals surface area contributed by atoms with Crippen LogP contribution in [0, 0.1) is 0 Å². The first-order chi connectivity index (χ1) is 9.16. The van der Waals surface area contributed by atoms with Crippen LogP contribution in [0.2, 0.25) is 0 Å². The van der Waals surface area contributed by atoms with Crippen LogP contribution in [0.25, 0.3) is 0 Å². The van der Waals surface area contributed by atoms with Crippen molar-refractivity contribution in [1.29, 1.82) is 0 Å². The van der Waals surface area contributed by atoms with Gasteiger partial charge in [-0.05, 0) is 24.6 Å². The van der Waals surface area contributed by atoms with E-state index in [9.17, 15) is 4.79 Å². The van der Waals surface area contributed by atoms with E-state index in [1.165, 1.54) is 0 Å². The fraction of sp³-hybridized carbons (Fsp3) is 0.267. The fourth-order valence-corrected chi connectivity index (χ4v) is 1.93. The van der Waals surface area contributed by atoms with Gasteiger partial charge in [0.15, 0.2) is 0 Å². The summed E-state index contributed by atoms with van der Waals surface area (Å²) in [5.74, 6) is 0.655. The summed E-state index contributed by atoms with van der Waals surface area (Å²) in [4.78, 5) is 11.9. The molecular formula is C15H18N2O2. The fourth-order valence-electron chi connectivity index (χ4n) is 1.93. The van der Waals surface area contributed by atoms with Crippen molar-refractivity contribution in [2.45, 2.75) is 25.4 Å². The Morgan fingerprint density at radius 2 is 2.00 bits per heavy atom. The number of amides is 1. The van der Waals surface area contributed by atoms with E-state index in [0.717, 1.165) is 11.3 Å². The van der Waals surface area contributed by atoms with E-state index in [1.54, 1.807) is 12.3 Å². The maximum Gasteiger partial charge on any atom is 0.222 e. The molecule has 4 nitrogen and oxygen atoms in total. The molecule has 4 heteroatoms. The van der Waals surface area contributed by atoms with Gasteiger partial charge in [0.2, 0.25) is 5.91 Å². The molecule has 3 N–H and O–H groups in total. The van der Waals surface area contributed by atoms with Crippen molar-refractivity contribution >= 4 is 5.91 Å². The number of benzene rings is 1. The molecule has 0 aliphatic carbocycles. The topological polar surface area (TPSA) is 68.3 Å². The monoisotopic (exact) mass is 258 g/mol. The van der Waals surface area contributed by atoms with Crippen molar-refractivity contribution in [3.8, 4) is 0 Å². The number of hydrogen-bond acceptors (Lipinski definition) is 3. The van der Waals surface area contributed by atoms with Crippen molar-refractivity contribution in [3.05, 3.63) is 60.1 Å². The predicted molar refractivity (Wildman–Crippen MR) is 73.3 cm³/mol. The molecule has 2 atom stereocenters. The van der Waals surface area contributed by atoms with Crippen molar-refractivity contribution in [1.82, 2.24) is 5.32 Å². The number of rotatable bonds is 5. The molecule has 0 saturated heterocycles. The Hall–Kier alpha value is -2.07. The van der Waals surface area contributed by atoms with Gasteiger partial charge in [0, 0.05) is 12.5 Å². The van der Waals surface area contributed by atoms with Crippen molar-refractivity contribution < 1.29 is 9.21 Å². The molecule has 0 fully saturated rings. The number of carbonyl (C=O) groups excluding carboxylic acids is 1. The second kappa shape index (κ2) is 6.20. The average Bonchev–Trinajstić information content (AvgIpc) is 2.93. The Kier molecular flexibility index (Phi) is 4.36. The third-order valence-corrected chi connectivity index (χ3v) is 2.98. The molecule has 1 aromatic heterocycles. The summed E-state index contributed by atoms with van der Waals surface area (Å²) in [7, 11) is 0. The number of carbonyl (C=O) groups is 1. The van der Waals surface area contributed by atoms with Crippen LogP contribution in [0.1, 0.15) is 36.8 Å². The van der Waals surface area contributed by atoms with Gasteiger partial charge >= 0.3 is 0 Å². The zero-order valence-corrected chi connectivity index (χ0v) is 10.9. The van der Waals surface area contributed by atoms with Gasteiger partial charge in [-0.1, -0.05) is 30.3 Å². The highest BCUT2D eigenvalue weighted by molar-refractivity contribution is 5.77. The number of furan rings is 1. The molecule has 19 heavy (non-hydrogen) atoms. The van der Waals surface area contributed by atoms with Crippen LogP contribution in [0.3, 0.4) is 0 Å². The molecule has 0 bridgehead atoms. The normalized spacial score (nSPS) is 13.8. The van der Waals surface area contributed by atoms with Crippen LogP contribution in [0.5, 0.6) is 0 Å². The SMILES string of the molecule is C[C@H](NC(=O)C[C@H](N)c1ccccc1)c1ccco1. The Balaban J connectivity index is 1.88. The molecule has 0 aliphatic rings. The van der Waals surface area contributed by atoms with Crippen LogP contribution in [0.15, 0.2) is 53.1 Å². The van der Waals surface area contributed by atoms with Crippen LogP contribution in [0.4, 0.5) is 0 Å². The van der Waals surface area contributed by atoms with Crippen LogP contribution < -0.4 is 11.1 Å². The van der Waals surface area contributed by atoms with Crippen molar-refractivity contribution in [2.24, 2.45) is 5.73 Å². The summed E-state index contributed by atoms with van der Waals surface area (Å²) in [6.45, 7) is 1.88. The lowest BCUT2D eigenvalue weighted by Gasteiger charge is -2.15. The third-order valence-electron chi connectivity index (χ3n) is 2.98. The summed E-state index contributed by atoms with van der Waals surface area (Å²) in [6, 6.07) is 12.8. The lowest BCUT2D eigenvalue weighted by Crippen LogP contribution is -2.29. The second-order valence-corrected chi connectivity index (χ2v) is 4.53. The van der Waals surface area contributed by atoms with Crippen LogP contribution in [-0.4, -0.2) is 5.91 Å². The predicted octanol–water partition coefficient (Wildman–Crippen LogP) is 2.55. The van der Waals surface area contributed by atoms with Gasteiger partial charge in [-0.2, -0.15) is 0 Å². The first-order valence-corrected chi connectivity index (χ1v) is 6.30. The summed E-state index contributed by atoms with van der Waals surface area (Å²) >= 11 is 0. The molecule has 0 radical (unpaired) electrons. The first-order valence-electron chi connectivity index (χ1n) is 6.30. The van der Waals surface area contributed by atoms with Crippen molar-refractivity contribution in [2.75, 3.05) is 0 Å². The molecule has 0 saturated carbocycles. The minimum Gasteiger partial charge on any atom is -0.467 e. The van der Waals surface area contributed by atoms with Gasteiger partial charge in [0.05, 0.1) is 12.3 Å². The maximum atomic E-state index is 11.9. The standard InChI is InChI=1S/C15H18N2O2/c1-11(14-8-5-9-19-14)17-15(18)10-13(16)12-6-3-2-4-7-12/h2-9,11,13H,10,16H2,1H3,(H,17,18)/t11-,13-/m0/s1. The van der Waals surface area contributed by atoms with Gasteiger partial charge < -0.3 is 15.5 Å². The minimum absolute atomic E-state index is 0.0831. The molecule has 2 aromatic rings. The molecule has 0 unspecified atom stereocenters. The van der Waals surface area contributed by atoms with Gasteiger partial charge in [-0.3, -0.25) is 4.79 Å². The molecule has 0 spiro atoms. The van der Waals surface area contributed by atoms with E-state index in [1.807, 2.05) is 43.3 Å². The Labute approximate surface area is 112 Å². The summed E-state index contributed by atoms with van der Waals surface area (Å²) in [5.41, 5.74) is 6.97. The van der Waals surface area contributed by atoms with E-state index in [0.29, 0.717) is 0 Å². The molecule has 0 aliphatic heterocycles. The number of nitrogens with two attached hydrogens (primary N) is 1. The van der Waals surface area contributed by atoms with Crippen LogP contribution in [-0.2, 0) is 4.79 Å². The number of nitrogens with one attached hydrogen (secondary N) is 1. The molecule has 1 aromatic carbocycles. The number of hydrogen-bond donors (Lipinski definition) is 2. The molecule has 1 heterocycles. The Morgan fingerprint density at radius 3 is 2.63 bits per heavy atom. The van der Waals surface area contributed by atoms with E-state index in [2.05, 4.69) is 5.32 Å². The highest BCUT2D eigenvalue weighted by Gasteiger charge is 2.15. The summed E-state index contributed by atoms with van der Waals surface area (Å²) < 4.78 is 5.24. The van der Waals surface area contributed by atoms with Gasteiger partial charge in [0.25, 0.3) is 0 Å². The molecule has 1 amide bonds. The van der Waals surface area contributed by atoms with Gasteiger partial charge in [-0.15, -0.1) is 0 Å². The lowest BCUT2D eigenvalue weighted by atomic mass is 10.0. The van der Waals surface area contributed by atoms with E-state index < -0.39 is 0 Å². The zero-order valence-electron chi connectivity index (χ0n) is 10.9. The largest absolute Gasteiger partial charge is 0.467 e. The minimum atomic E-state index is -0.287. The summed E-state index contributed by atoms with van der Waals surface area (Å²) in [6.07, 6.45) is 1.85. The average molecular weight is 258 g/mol. The van der Waals surface area contributed by atoms with Gasteiger partial charge in [-0.25, -0.2) is 0 Å². The lowest BCUT2D eigenvalue weighted by molar-refractivity contribution is -0.122. The zero-order chi connectivity index (χ0) is 13.7. The quantitative estimate of drug-likeness (QED) is 0.866.